The van der Waals surface area contributed by atoms with Crippen LogP contribution >= 0.6 is 15.9 Å². The summed E-state index contributed by atoms with van der Waals surface area (Å²) < 4.78 is 5.99. The minimum atomic E-state index is -1.16. The molecule has 0 saturated carbocycles. The molecule has 0 bridgehead atoms. The minimum absolute atomic E-state index is 0.422. The van der Waals surface area contributed by atoms with Crippen molar-refractivity contribution in [3.8, 4) is 5.75 Å². The summed E-state index contributed by atoms with van der Waals surface area (Å²) in [7, 11) is 1.51. The first-order valence-electron chi connectivity index (χ1n) is 6.54. The highest BCUT2D eigenvalue weighted by Gasteiger charge is 2.46. The highest BCUT2D eigenvalue weighted by molar-refractivity contribution is 9.10. The lowest BCUT2D eigenvalue weighted by Crippen LogP contribution is -2.52. The van der Waals surface area contributed by atoms with Gasteiger partial charge in [-0.05, 0) is 38.0 Å². The number of amides is 2. The number of aliphatic carboxylic acids is 1. The molecular weight excluding hydrogens is 340 g/mol. The van der Waals surface area contributed by atoms with Gasteiger partial charge in [0.15, 0.2) is 0 Å². The Morgan fingerprint density at radius 3 is 2.81 bits per heavy atom. The number of ether oxygens (including phenoxy) is 1. The smallest absolute Gasteiger partial charge is 0.329 e. The number of carboxylic acid groups (broad SMARTS) is 1. The molecule has 21 heavy (non-hydrogen) atoms. The highest BCUT2D eigenvalue weighted by Crippen LogP contribution is 2.32. The maximum absolute atomic E-state index is 12.4. The first-order valence-corrected chi connectivity index (χ1v) is 7.33. The number of anilines is 1. The summed E-state index contributed by atoms with van der Waals surface area (Å²) in [4.78, 5) is 25.2. The molecule has 1 aromatic rings. The van der Waals surface area contributed by atoms with Crippen molar-refractivity contribution in [2.45, 2.75) is 25.3 Å². The third kappa shape index (κ3) is 2.97. The molecule has 114 valence electrons. The summed E-state index contributed by atoms with van der Waals surface area (Å²) in [6.45, 7) is 1.99. The number of carboxylic acids is 1. The second-order valence-electron chi connectivity index (χ2n) is 5.11. The predicted octanol–water partition coefficient (Wildman–Crippen LogP) is 2.93. The number of methoxy groups -OCH3 is 1. The van der Waals surface area contributed by atoms with E-state index in [4.69, 9.17) is 4.74 Å². The van der Waals surface area contributed by atoms with Crippen LogP contribution in [0.15, 0.2) is 22.7 Å². The Morgan fingerprint density at radius 2 is 2.19 bits per heavy atom. The second-order valence-corrected chi connectivity index (χ2v) is 6.02. The van der Waals surface area contributed by atoms with Crippen LogP contribution in [-0.2, 0) is 4.79 Å². The van der Waals surface area contributed by atoms with Crippen LogP contribution in [0, 0.1) is 0 Å². The summed E-state index contributed by atoms with van der Waals surface area (Å²) in [5.74, 6) is -0.473. The molecule has 6 nitrogen and oxygen atoms in total. The lowest BCUT2D eigenvalue weighted by Gasteiger charge is -2.31. The molecule has 1 aromatic carbocycles. The lowest BCUT2D eigenvalue weighted by molar-refractivity contribution is -0.146. The number of carbonyl (C=O) groups excluding carboxylic acids is 1. The molecule has 1 aliphatic rings. The number of halogens is 1. The molecular formula is C14H17BrN2O4. The Balaban J connectivity index is 2.22. The topological polar surface area (TPSA) is 78.9 Å². The lowest BCUT2D eigenvalue weighted by atomic mass is 10.00. The number of carbonyl (C=O) groups is 2. The van der Waals surface area contributed by atoms with Crippen LogP contribution in [0.4, 0.5) is 10.5 Å². The summed E-state index contributed by atoms with van der Waals surface area (Å²) in [6.07, 6.45) is 1.12. The van der Waals surface area contributed by atoms with E-state index in [-0.39, 0.29) is 0 Å². The number of likely N-dealkylation sites (tertiary alicyclic amines) is 1. The van der Waals surface area contributed by atoms with Crippen LogP contribution in [0.2, 0.25) is 0 Å². The zero-order valence-corrected chi connectivity index (χ0v) is 13.4. The molecule has 1 saturated heterocycles. The van der Waals surface area contributed by atoms with Crippen molar-refractivity contribution in [1.29, 1.82) is 0 Å². The fourth-order valence-electron chi connectivity index (χ4n) is 2.47. The van der Waals surface area contributed by atoms with Crippen LogP contribution in [0.3, 0.4) is 0 Å². The van der Waals surface area contributed by atoms with E-state index < -0.39 is 17.5 Å². The molecule has 7 heteroatoms. The van der Waals surface area contributed by atoms with Gasteiger partial charge >= 0.3 is 12.0 Å². The summed E-state index contributed by atoms with van der Waals surface area (Å²) in [6, 6.07) is 4.80. The predicted molar refractivity (Wildman–Crippen MR) is 81.7 cm³/mol. The molecule has 0 spiro atoms. The van der Waals surface area contributed by atoms with Gasteiger partial charge in [-0.2, -0.15) is 0 Å². The highest BCUT2D eigenvalue weighted by atomic mass is 79.9. The number of rotatable bonds is 3. The Bertz CT molecular complexity index is 578. The van der Waals surface area contributed by atoms with E-state index in [0.29, 0.717) is 30.8 Å². The molecule has 2 N–H and O–H groups in total. The first kappa shape index (κ1) is 15.6. The van der Waals surface area contributed by atoms with Crippen molar-refractivity contribution in [2.75, 3.05) is 19.0 Å². The van der Waals surface area contributed by atoms with E-state index in [1.807, 2.05) is 0 Å². The van der Waals surface area contributed by atoms with Crippen molar-refractivity contribution in [2.24, 2.45) is 0 Å². The standard InChI is InChI=1S/C14H17BrN2O4/c1-14(12(18)19)6-3-7-17(14)13(20)16-10-8-9(15)4-5-11(10)21-2/h4-5,8H,3,6-7H2,1-2H3,(H,16,20)(H,18,19). The van der Waals surface area contributed by atoms with Gasteiger partial charge in [0.05, 0.1) is 12.8 Å². The van der Waals surface area contributed by atoms with Gasteiger partial charge in [0.25, 0.3) is 0 Å². The van der Waals surface area contributed by atoms with Gasteiger partial charge in [-0.25, -0.2) is 9.59 Å². The number of hydrogen-bond donors (Lipinski definition) is 2. The molecule has 2 amide bonds. The summed E-state index contributed by atoms with van der Waals surface area (Å²) >= 11 is 3.33. The van der Waals surface area contributed by atoms with E-state index in [2.05, 4.69) is 21.2 Å². The van der Waals surface area contributed by atoms with Gasteiger partial charge < -0.3 is 20.1 Å². The molecule has 0 aliphatic carbocycles. The maximum Gasteiger partial charge on any atom is 0.329 e. The number of nitrogens with zero attached hydrogens (tertiary/aromatic N) is 1. The Morgan fingerprint density at radius 1 is 1.48 bits per heavy atom. The van der Waals surface area contributed by atoms with Crippen LogP contribution in [0.25, 0.3) is 0 Å². The van der Waals surface area contributed by atoms with Crippen molar-refractivity contribution in [1.82, 2.24) is 4.90 Å². The van der Waals surface area contributed by atoms with Gasteiger partial charge in [0.1, 0.15) is 11.3 Å². The van der Waals surface area contributed by atoms with Crippen molar-refractivity contribution in [3.05, 3.63) is 22.7 Å². The van der Waals surface area contributed by atoms with Crippen molar-refractivity contribution in [3.63, 3.8) is 0 Å². The van der Waals surface area contributed by atoms with Crippen LogP contribution < -0.4 is 10.1 Å². The van der Waals surface area contributed by atoms with Crippen LogP contribution in [0.1, 0.15) is 19.8 Å². The number of benzene rings is 1. The molecule has 2 rings (SSSR count). The van der Waals surface area contributed by atoms with Crippen LogP contribution in [-0.4, -0.2) is 41.2 Å². The summed E-state index contributed by atoms with van der Waals surface area (Å²) in [5.41, 5.74) is -0.667. The molecule has 0 aromatic heterocycles. The SMILES string of the molecule is COc1ccc(Br)cc1NC(=O)N1CCCC1(C)C(=O)O. The Kier molecular flexibility index (Phi) is 4.41. The number of nitrogens with one attached hydrogen (secondary N) is 1. The monoisotopic (exact) mass is 356 g/mol. The van der Waals surface area contributed by atoms with Gasteiger partial charge in [-0.15, -0.1) is 0 Å². The van der Waals surface area contributed by atoms with Crippen molar-refractivity contribution >= 4 is 33.6 Å². The zero-order chi connectivity index (χ0) is 15.6. The van der Waals surface area contributed by atoms with Gasteiger partial charge in [-0.1, -0.05) is 15.9 Å². The van der Waals surface area contributed by atoms with E-state index in [0.717, 1.165) is 4.47 Å². The Labute approximate surface area is 131 Å². The van der Waals surface area contributed by atoms with Gasteiger partial charge in [0.2, 0.25) is 0 Å². The van der Waals surface area contributed by atoms with Crippen LogP contribution in [0.5, 0.6) is 5.75 Å². The molecule has 1 unspecified atom stereocenters. The quantitative estimate of drug-likeness (QED) is 0.872. The van der Waals surface area contributed by atoms with Gasteiger partial charge in [0, 0.05) is 11.0 Å². The van der Waals surface area contributed by atoms with E-state index in [1.54, 1.807) is 25.1 Å². The molecule has 1 atom stereocenters. The summed E-state index contributed by atoms with van der Waals surface area (Å²) in [5, 5.41) is 12.1. The molecule has 1 aliphatic heterocycles. The van der Waals surface area contributed by atoms with E-state index in [9.17, 15) is 14.7 Å². The fourth-order valence-corrected chi connectivity index (χ4v) is 2.83. The second kappa shape index (κ2) is 5.93. The molecule has 1 heterocycles. The average Bonchev–Trinajstić information content (AvgIpc) is 2.82. The number of urea groups is 1. The van der Waals surface area contributed by atoms with E-state index >= 15 is 0 Å². The van der Waals surface area contributed by atoms with Crippen molar-refractivity contribution < 1.29 is 19.4 Å². The third-order valence-electron chi connectivity index (χ3n) is 3.75. The average molecular weight is 357 g/mol. The molecule has 0 radical (unpaired) electrons. The van der Waals surface area contributed by atoms with Gasteiger partial charge in [-0.3, -0.25) is 0 Å². The minimum Gasteiger partial charge on any atom is -0.495 e. The molecule has 1 fully saturated rings. The zero-order valence-electron chi connectivity index (χ0n) is 11.9. The maximum atomic E-state index is 12.4. The Hall–Kier alpha value is -1.76. The number of hydrogen-bond acceptors (Lipinski definition) is 3. The normalized spacial score (nSPS) is 21.2. The fraction of sp³-hybridized carbons (Fsp3) is 0.429. The largest absolute Gasteiger partial charge is 0.495 e. The van der Waals surface area contributed by atoms with E-state index in [1.165, 1.54) is 12.0 Å². The third-order valence-corrected chi connectivity index (χ3v) is 4.24. The first-order chi connectivity index (χ1) is 9.88.